The maximum Gasteiger partial charge on any atom is 0.254 e. The number of carbonyl (C=O) groups is 1. The molecule has 0 aliphatic carbocycles. The fraction of sp³-hybridized carbons (Fsp3) is 0.133. The van der Waals surface area contributed by atoms with Gasteiger partial charge in [0.1, 0.15) is 6.17 Å². The van der Waals surface area contributed by atoms with Crippen LogP contribution in [0.2, 0.25) is 0 Å². The van der Waals surface area contributed by atoms with E-state index in [4.69, 9.17) is 34.8 Å². The number of benzene rings is 2. The van der Waals surface area contributed by atoms with E-state index in [0.29, 0.717) is 11.3 Å². The average Bonchev–Trinajstić information content (AvgIpc) is 2.48. The summed E-state index contributed by atoms with van der Waals surface area (Å²) in [6.07, 6.45) is -0.891. The van der Waals surface area contributed by atoms with Crippen LogP contribution in [0, 0.1) is 3.57 Å². The van der Waals surface area contributed by atoms with Gasteiger partial charge in [0.15, 0.2) is 0 Å². The number of rotatable bonds is 4. The number of hydrogen-bond donors (Lipinski definition) is 2. The Morgan fingerprint density at radius 2 is 1.70 bits per heavy atom. The molecule has 1 amide bonds. The van der Waals surface area contributed by atoms with Gasteiger partial charge in [-0.05, 0) is 59.0 Å². The number of alkyl halides is 3. The van der Waals surface area contributed by atoms with Crippen LogP contribution in [0.3, 0.4) is 0 Å². The summed E-state index contributed by atoms with van der Waals surface area (Å²) in [6, 6.07) is 14.5. The molecule has 0 radical (unpaired) electrons. The largest absolute Gasteiger partial charge is 0.362 e. The molecule has 0 aliphatic rings. The molecule has 0 aromatic heterocycles. The molecule has 8 heteroatoms. The maximum absolute atomic E-state index is 12.4. The molecule has 2 rings (SSSR count). The molecular weight excluding hydrogens is 537 g/mol. The Balaban J connectivity index is 2.18. The molecule has 0 saturated carbocycles. The highest BCUT2D eigenvalue weighted by atomic mass is 127. The highest BCUT2D eigenvalue weighted by molar-refractivity contribution is 14.1. The lowest BCUT2D eigenvalue weighted by molar-refractivity contribution is 0.0941. The van der Waals surface area contributed by atoms with Crippen LogP contribution in [-0.2, 0) is 0 Å². The minimum absolute atomic E-state index is 0.323. The summed E-state index contributed by atoms with van der Waals surface area (Å²) in [5.74, 6) is -0.323. The first kappa shape index (κ1) is 19.1. The molecule has 0 heterocycles. The zero-order valence-corrected chi connectivity index (χ0v) is 17.5. The standard InChI is InChI=1S/C15H11BrCl3IN2O/c16-9-5-7-10(8-6-9)21-14(15(17,18)19)22-13(23)11-3-1-2-4-12(11)20/h1-8,14,21H,(H,22,23)/t14-/m1/s1. The number of anilines is 1. The quantitative estimate of drug-likeness (QED) is 0.297. The number of nitrogens with one attached hydrogen (secondary N) is 2. The molecule has 23 heavy (non-hydrogen) atoms. The van der Waals surface area contributed by atoms with Crippen molar-refractivity contribution in [2.24, 2.45) is 0 Å². The van der Waals surface area contributed by atoms with E-state index >= 15 is 0 Å². The molecule has 1 atom stereocenters. The molecule has 2 N–H and O–H groups in total. The van der Waals surface area contributed by atoms with Crippen LogP contribution >= 0.6 is 73.3 Å². The summed E-state index contributed by atoms with van der Waals surface area (Å²) < 4.78 is 0.0221. The van der Waals surface area contributed by atoms with E-state index in [1.807, 2.05) is 36.4 Å². The second kappa shape index (κ2) is 8.25. The maximum atomic E-state index is 12.4. The first-order chi connectivity index (χ1) is 10.8. The number of carbonyl (C=O) groups excluding carboxylic acids is 1. The Hall–Kier alpha value is -0.210. The van der Waals surface area contributed by atoms with E-state index in [9.17, 15) is 4.79 Å². The van der Waals surface area contributed by atoms with Crippen molar-refractivity contribution in [3.05, 3.63) is 62.1 Å². The van der Waals surface area contributed by atoms with E-state index < -0.39 is 9.96 Å². The molecule has 0 fully saturated rings. The second-order valence-electron chi connectivity index (χ2n) is 4.58. The summed E-state index contributed by atoms with van der Waals surface area (Å²) in [4.78, 5) is 12.4. The van der Waals surface area contributed by atoms with Crippen molar-refractivity contribution in [1.82, 2.24) is 5.32 Å². The van der Waals surface area contributed by atoms with E-state index in [-0.39, 0.29) is 5.91 Å². The molecular formula is C15H11BrCl3IN2O. The summed E-state index contributed by atoms with van der Waals surface area (Å²) >= 11 is 23.4. The zero-order valence-electron chi connectivity index (χ0n) is 11.5. The summed E-state index contributed by atoms with van der Waals surface area (Å²) in [6.45, 7) is 0. The summed E-state index contributed by atoms with van der Waals surface area (Å²) in [5, 5.41) is 5.73. The third kappa shape index (κ3) is 5.67. The molecule has 3 nitrogen and oxygen atoms in total. The van der Waals surface area contributed by atoms with Crippen molar-refractivity contribution in [1.29, 1.82) is 0 Å². The Kier molecular flexibility index (Phi) is 6.86. The number of halogens is 5. The minimum Gasteiger partial charge on any atom is -0.362 e. The lowest BCUT2D eigenvalue weighted by atomic mass is 10.2. The monoisotopic (exact) mass is 546 g/mol. The van der Waals surface area contributed by atoms with Crippen LogP contribution in [0.4, 0.5) is 5.69 Å². The van der Waals surface area contributed by atoms with Crippen molar-refractivity contribution in [3.8, 4) is 0 Å². The van der Waals surface area contributed by atoms with Gasteiger partial charge < -0.3 is 10.6 Å². The fourth-order valence-electron chi connectivity index (χ4n) is 1.77. The van der Waals surface area contributed by atoms with Crippen molar-refractivity contribution in [2.75, 3.05) is 5.32 Å². The van der Waals surface area contributed by atoms with Gasteiger partial charge in [-0.3, -0.25) is 4.79 Å². The Morgan fingerprint density at radius 3 is 2.26 bits per heavy atom. The topological polar surface area (TPSA) is 41.1 Å². The van der Waals surface area contributed by atoms with Crippen molar-refractivity contribution in [2.45, 2.75) is 9.96 Å². The van der Waals surface area contributed by atoms with Gasteiger partial charge in [0.2, 0.25) is 3.79 Å². The molecule has 2 aromatic carbocycles. The Bertz CT molecular complexity index is 692. The highest BCUT2D eigenvalue weighted by Crippen LogP contribution is 2.31. The van der Waals surface area contributed by atoms with Gasteiger partial charge >= 0.3 is 0 Å². The smallest absolute Gasteiger partial charge is 0.254 e. The molecule has 122 valence electrons. The van der Waals surface area contributed by atoms with Gasteiger partial charge in [-0.15, -0.1) is 0 Å². The third-order valence-corrected chi connectivity index (χ3v) is 5.00. The normalized spacial score (nSPS) is 12.6. The van der Waals surface area contributed by atoms with Crippen molar-refractivity contribution < 1.29 is 4.79 Å². The van der Waals surface area contributed by atoms with Crippen LogP contribution in [0.15, 0.2) is 53.0 Å². The van der Waals surface area contributed by atoms with Crippen LogP contribution in [-0.4, -0.2) is 15.9 Å². The van der Waals surface area contributed by atoms with Crippen LogP contribution < -0.4 is 10.6 Å². The Labute approximate surface area is 171 Å². The predicted octanol–water partition coefficient (Wildman–Crippen LogP) is 5.59. The first-order valence-corrected chi connectivity index (χ1v) is 9.42. The third-order valence-electron chi connectivity index (χ3n) is 2.88. The summed E-state index contributed by atoms with van der Waals surface area (Å²) in [5.41, 5.74) is 1.23. The van der Waals surface area contributed by atoms with Crippen LogP contribution in [0.5, 0.6) is 0 Å². The van der Waals surface area contributed by atoms with Gasteiger partial charge in [-0.25, -0.2) is 0 Å². The lowest BCUT2D eigenvalue weighted by Gasteiger charge is -2.27. The molecule has 0 bridgehead atoms. The Morgan fingerprint density at radius 1 is 1.09 bits per heavy atom. The number of amides is 1. The van der Waals surface area contributed by atoms with Crippen molar-refractivity contribution in [3.63, 3.8) is 0 Å². The van der Waals surface area contributed by atoms with Gasteiger partial charge in [-0.2, -0.15) is 0 Å². The van der Waals surface area contributed by atoms with Gasteiger partial charge in [0.05, 0.1) is 5.56 Å². The SMILES string of the molecule is O=C(N[C@@H](Nc1ccc(Br)cc1)C(Cl)(Cl)Cl)c1ccccc1I. The van der Waals surface area contributed by atoms with Gasteiger partial charge in [-0.1, -0.05) is 62.9 Å². The van der Waals surface area contributed by atoms with Crippen LogP contribution in [0.25, 0.3) is 0 Å². The minimum atomic E-state index is -1.72. The zero-order chi connectivity index (χ0) is 17.0. The highest BCUT2D eigenvalue weighted by Gasteiger charge is 2.34. The van der Waals surface area contributed by atoms with Gasteiger partial charge in [0, 0.05) is 13.7 Å². The van der Waals surface area contributed by atoms with Gasteiger partial charge in [0.25, 0.3) is 5.91 Å². The number of hydrogen-bond acceptors (Lipinski definition) is 2. The molecule has 0 spiro atoms. The van der Waals surface area contributed by atoms with E-state index in [1.54, 1.807) is 12.1 Å². The van der Waals surface area contributed by atoms with E-state index in [1.165, 1.54) is 0 Å². The average molecular weight is 548 g/mol. The van der Waals surface area contributed by atoms with Crippen molar-refractivity contribution >= 4 is 84.9 Å². The molecule has 0 aliphatic heterocycles. The predicted molar refractivity (Wildman–Crippen MR) is 108 cm³/mol. The van der Waals surface area contributed by atoms with E-state index in [2.05, 4.69) is 49.2 Å². The summed E-state index contributed by atoms with van der Waals surface area (Å²) in [7, 11) is 0. The molecule has 0 saturated heterocycles. The fourth-order valence-corrected chi connectivity index (χ4v) is 2.99. The molecule has 2 aromatic rings. The van der Waals surface area contributed by atoms with Crippen LogP contribution in [0.1, 0.15) is 10.4 Å². The second-order valence-corrected chi connectivity index (χ2v) is 9.03. The molecule has 0 unspecified atom stereocenters. The van der Waals surface area contributed by atoms with E-state index in [0.717, 1.165) is 8.04 Å². The first-order valence-electron chi connectivity index (χ1n) is 6.41. The lowest BCUT2D eigenvalue weighted by Crippen LogP contribution is -2.49.